The summed E-state index contributed by atoms with van der Waals surface area (Å²) in [6, 6.07) is 7.57. The Bertz CT molecular complexity index is 901. The fourth-order valence-corrected chi connectivity index (χ4v) is 3.33. The molecule has 8 heteroatoms. The van der Waals surface area contributed by atoms with E-state index in [0.29, 0.717) is 23.9 Å². The number of nitrogens with zero attached hydrogens (tertiary/aromatic N) is 3. The summed E-state index contributed by atoms with van der Waals surface area (Å²) in [7, 11) is 1.61. The highest BCUT2D eigenvalue weighted by Crippen LogP contribution is 2.33. The van der Waals surface area contributed by atoms with Crippen LogP contribution in [-0.2, 0) is 6.42 Å². The summed E-state index contributed by atoms with van der Waals surface area (Å²) in [5.74, 6) is 1.04. The van der Waals surface area contributed by atoms with E-state index in [1.807, 2.05) is 24.3 Å². The summed E-state index contributed by atoms with van der Waals surface area (Å²) in [4.78, 5) is 5.27. The highest BCUT2D eigenvalue weighted by molar-refractivity contribution is 7.16. The molecular weight excluding hydrogens is 331 g/mol. The maximum atomic E-state index is 13.3. The second kappa shape index (κ2) is 6.04. The minimum atomic E-state index is -0.114. The van der Waals surface area contributed by atoms with Gasteiger partial charge in [0.1, 0.15) is 11.6 Å². The standard InChI is InChI=1S/C16H13FN4O2S/c1-22-11-5-2-9(3-6-11)14-20-21-15(23-14)19-16-18-12-7-4-10(17)8-13(12)24-16/h2-3,5-6,8H,4,7H2,1H3,(H,18,19,21). The molecular formula is C16H13FN4O2S. The minimum absolute atomic E-state index is 0.114. The molecule has 1 aliphatic carbocycles. The first-order chi connectivity index (χ1) is 11.7. The molecule has 0 fully saturated rings. The number of halogens is 1. The lowest BCUT2D eigenvalue weighted by Crippen LogP contribution is -1.95. The van der Waals surface area contributed by atoms with Crippen LogP contribution < -0.4 is 10.1 Å². The number of aryl methyl sites for hydroxylation is 1. The Balaban J connectivity index is 1.53. The molecule has 0 bridgehead atoms. The lowest BCUT2D eigenvalue weighted by molar-refractivity contribution is 0.415. The van der Waals surface area contributed by atoms with Crippen LogP contribution in [0, 0.1) is 0 Å². The number of allylic oxidation sites excluding steroid dienone is 1. The van der Waals surface area contributed by atoms with E-state index in [1.54, 1.807) is 7.11 Å². The van der Waals surface area contributed by atoms with Gasteiger partial charge in [0.05, 0.1) is 17.7 Å². The van der Waals surface area contributed by atoms with E-state index in [-0.39, 0.29) is 11.8 Å². The monoisotopic (exact) mass is 344 g/mol. The van der Waals surface area contributed by atoms with Gasteiger partial charge in [-0.3, -0.25) is 5.32 Å². The van der Waals surface area contributed by atoms with Crippen molar-refractivity contribution in [2.45, 2.75) is 12.8 Å². The Labute approximate surface area is 141 Å². The summed E-state index contributed by atoms with van der Waals surface area (Å²) >= 11 is 1.36. The van der Waals surface area contributed by atoms with Crippen molar-refractivity contribution in [2.75, 3.05) is 12.4 Å². The summed E-state index contributed by atoms with van der Waals surface area (Å²) in [6.07, 6.45) is 2.54. The predicted octanol–water partition coefficient (Wildman–Crippen LogP) is 4.20. The summed E-state index contributed by atoms with van der Waals surface area (Å²) < 4.78 is 24.0. The normalized spacial score (nSPS) is 13.3. The fraction of sp³-hybridized carbons (Fsp3) is 0.188. The van der Waals surface area contributed by atoms with Crippen LogP contribution in [0.1, 0.15) is 17.0 Å². The Morgan fingerprint density at radius 2 is 2.04 bits per heavy atom. The SMILES string of the molecule is COc1ccc(-c2nnc(Nc3nc4c(s3)C=C(F)CC4)o2)cc1. The van der Waals surface area contributed by atoms with Crippen LogP contribution in [-0.4, -0.2) is 22.3 Å². The van der Waals surface area contributed by atoms with Crippen molar-refractivity contribution >= 4 is 28.6 Å². The first-order valence-corrected chi connectivity index (χ1v) is 8.13. The Kier molecular flexibility index (Phi) is 3.73. The molecule has 4 rings (SSSR count). The van der Waals surface area contributed by atoms with Crippen molar-refractivity contribution in [2.24, 2.45) is 0 Å². The number of hydrogen-bond acceptors (Lipinski definition) is 7. The zero-order valence-electron chi connectivity index (χ0n) is 12.7. The van der Waals surface area contributed by atoms with E-state index in [2.05, 4.69) is 20.5 Å². The molecule has 3 aromatic rings. The van der Waals surface area contributed by atoms with E-state index in [4.69, 9.17) is 9.15 Å². The average molecular weight is 344 g/mol. The Morgan fingerprint density at radius 3 is 2.83 bits per heavy atom. The van der Waals surface area contributed by atoms with E-state index in [1.165, 1.54) is 17.4 Å². The summed E-state index contributed by atoms with van der Waals surface area (Å²) in [5.41, 5.74) is 1.68. The molecule has 2 aromatic heterocycles. The molecule has 0 aliphatic heterocycles. The molecule has 0 spiro atoms. The Morgan fingerprint density at radius 1 is 1.21 bits per heavy atom. The molecule has 2 heterocycles. The predicted molar refractivity (Wildman–Crippen MR) is 89.1 cm³/mol. The van der Waals surface area contributed by atoms with Crippen LogP contribution in [0.4, 0.5) is 15.5 Å². The molecule has 0 atom stereocenters. The highest BCUT2D eigenvalue weighted by atomic mass is 32.1. The molecule has 0 saturated heterocycles. The quantitative estimate of drug-likeness (QED) is 0.764. The number of methoxy groups -OCH3 is 1. The zero-order valence-corrected chi connectivity index (χ0v) is 13.6. The van der Waals surface area contributed by atoms with Gasteiger partial charge in [0.2, 0.25) is 5.89 Å². The van der Waals surface area contributed by atoms with Crippen LogP contribution in [0.15, 0.2) is 34.5 Å². The largest absolute Gasteiger partial charge is 0.497 e. The molecule has 122 valence electrons. The van der Waals surface area contributed by atoms with Gasteiger partial charge < -0.3 is 9.15 Å². The number of nitrogens with one attached hydrogen (secondary N) is 1. The van der Waals surface area contributed by atoms with Gasteiger partial charge in [-0.15, -0.1) is 5.10 Å². The highest BCUT2D eigenvalue weighted by Gasteiger charge is 2.17. The first-order valence-electron chi connectivity index (χ1n) is 7.32. The third kappa shape index (κ3) is 2.88. The van der Waals surface area contributed by atoms with Gasteiger partial charge in [0.15, 0.2) is 5.13 Å². The van der Waals surface area contributed by atoms with Crippen molar-refractivity contribution in [3.8, 4) is 17.2 Å². The maximum absolute atomic E-state index is 13.3. The lowest BCUT2D eigenvalue weighted by atomic mass is 10.1. The second-order valence-electron chi connectivity index (χ2n) is 5.19. The number of rotatable bonds is 4. The van der Waals surface area contributed by atoms with Crippen LogP contribution in [0.3, 0.4) is 0 Å². The van der Waals surface area contributed by atoms with Crippen molar-refractivity contribution in [3.05, 3.63) is 40.7 Å². The minimum Gasteiger partial charge on any atom is -0.497 e. The molecule has 6 nitrogen and oxygen atoms in total. The topological polar surface area (TPSA) is 73.1 Å². The smallest absolute Gasteiger partial charge is 0.322 e. The van der Waals surface area contributed by atoms with Gasteiger partial charge in [-0.05, 0) is 36.8 Å². The van der Waals surface area contributed by atoms with E-state index in [9.17, 15) is 4.39 Å². The van der Waals surface area contributed by atoms with Crippen LogP contribution in [0.5, 0.6) is 5.75 Å². The fourth-order valence-electron chi connectivity index (χ4n) is 2.38. The molecule has 0 saturated carbocycles. The molecule has 24 heavy (non-hydrogen) atoms. The van der Waals surface area contributed by atoms with E-state index in [0.717, 1.165) is 21.9 Å². The zero-order chi connectivity index (χ0) is 16.5. The molecule has 1 N–H and O–H groups in total. The van der Waals surface area contributed by atoms with Gasteiger partial charge in [-0.25, -0.2) is 9.37 Å². The molecule has 1 aliphatic rings. The van der Waals surface area contributed by atoms with Gasteiger partial charge in [-0.2, -0.15) is 0 Å². The second-order valence-corrected chi connectivity index (χ2v) is 6.22. The number of fused-ring (bicyclic) bond motifs is 1. The number of anilines is 2. The maximum Gasteiger partial charge on any atom is 0.322 e. The van der Waals surface area contributed by atoms with Gasteiger partial charge in [0, 0.05) is 12.0 Å². The van der Waals surface area contributed by atoms with Crippen LogP contribution in [0.25, 0.3) is 17.5 Å². The molecule has 1 aromatic carbocycles. The molecule has 0 amide bonds. The van der Waals surface area contributed by atoms with Gasteiger partial charge >= 0.3 is 6.01 Å². The number of thiazole rings is 1. The van der Waals surface area contributed by atoms with Crippen molar-refractivity contribution in [1.82, 2.24) is 15.2 Å². The average Bonchev–Trinajstić information content (AvgIpc) is 3.21. The number of aromatic nitrogens is 3. The van der Waals surface area contributed by atoms with Crippen LogP contribution in [0.2, 0.25) is 0 Å². The number of benzene rings is 1. The van der Waals surface area contributed by atoms with Gasteiger partial charge in [-0.1, -0.05) is 16.4 Å². The number of ether oxygens (including phenoxy) is 1. The summed E-state index contributed by atoms with van der Waals surface area (Å²) in [6.45, 7) is 0. The van der Waals surface area contributed by atoms with Crippen molar-refractivity contribution in [3.63, 3.8) is 0 Å². The van der Waals surface area contributed by atoms with E-state index < -0.39 is 0 Å². The first kappa shape index (κ1) is 14.8. The lowest BCUT2D eigenvalue weighted by Gasteiger charge is -2.03. The third-order valence-corrected chi connectivity index (χ3v) is 4.55. The van der Waals surface area contributed by atoms with Crippen molar-refractivity contribution in [1.29, 1.82) is 0 Å². The molecule has 0 radical (unpaired) electrons. The van der Waals surface area contributed by atoms with Crippen molar-refractivity contribution < 1.29 is 13.5 Å². The third-order valence-electron chi connectivity index (χ3n) is 3.59. The van der Waals surface area contributed by atoms with E-state index >= 15 is 0 Å². The Hall–Kier alpha value is -2.74. The molecule has 0 unspecified atom stereocenters. The van der Waals surface area contributed by atoms with Gasteiger partial charge in [0.25, 0.3) is 0 Å². The summed E-state index contributed by atoms with van der Waals surface area (Å²) in [5, 5.41) is 11.6. The number of hydrogen-bond donors (Lipinski definition) is 1. The van der Waals surface area contributed by atoms with Crippen LogP contribution >= 0.6 is 11.3 Å².